The summed E-state index contributed by atoms with van der Waals surface area (Å²) < 4.78 is 2.01. The van der Waals surface area contributed by atoms with Crippen LogP contribution in [-0.2, 0) is 17.9 Å². The summed E-state index contributed by atoms with van der Waals surface area (Å²) in [6, 6.07) is 5.96. The molecule has 0 aromatic carbocycles. The Morgan fingerprint density at radius 2 is 2.05 bits per heavy atom. The van der Waals surface area contributed by atoms with Crippen LogP contribution in [0.1, 0.15) is 19.0 Å². The van der Waals surface area contributed by atoms with Gasteiger partial charge >= 0.3 is 0 Å². The molecule has 0 radical (unpaired) electrons. The lowest BCUT2D eigenvalue weighted by Gasteiger charge is -2.17. The van der Waals surface area contributed by atoms with Crippen molar-refractivity contribution in [2.75, 3.05) is 6.54 Å². The van der Waals surface area contributed by atoms with Gasteiger partial charge in [-0.25, -0.2) is 0 Å². The fraction of sp³-hybridized carbons (Fsp3) is 0.357. The molecule has 5 heteroatoms. The summed E-state index contributed by atoms with van der Waals surface area (Å²) in [5, 5.41) is 4.63. The van der Waals surface area contributed by atoms with Gasteiger partial charge in [0.05, 0.1) is 17.9 Å². The third kappa shape index (κ3) is 2.36. The van der Waals surface area contributed by atoms with E-state index in [1.54, 1.807) is 19.3 Å². The lowest BCUT2D eigenvalue weighted by Crippen LogP contribution is -2.28. The molecular formula is C14H16N4O. The largest absolute Gasteiger partial charge is 0.337 e. The predicted octanol–water partition coefficient (Wildman–Crippen LogP) is 1.70. The third-order valence-electron chi connectivity index (χ3n) is 3.44. The summed E-state index contributed by atoms with van der Waals surface area (Å²) in [6.07, 6.45) is 4.48. The highest BCUT2D eigenvalue weighted by molar-refractivity contribution is 5.73. The molecule has 0 atom stereocenters. The van der Waals surface area contributed by atoms with Crippen molar-refractivity contribution in [3.8, 4) is 11.3 Å². The molecule has 0 N–H and O–H groups in total. The fourth-order valence-electron chi connectivity index (χ4n) is 2.39. The lowest BCUT2D eigenvalue weighted by atomic mass is 10.2. The van der Waals surface area contributed by atoms with Gasteiger partial charge in [-0.1, -0.05) is 0 Å². The topological polar surface area (TPSA) is 51.0 Å². The number of aryl methyl sites for hydroxylation is 1. The maximum atomic E-state index is 11.5. The summed E-state index contributed by atoms with van der Waals surface area (Å²) in [5.74, 6) is 0.125. The van der Waals surface area contributed by atoms with Crippen LogP contribution in [0.4, 0.5) is 0 Å². The summed E-state index contributed by atoms with van der Waals surface area (Å²) in [5.41, 5.74) is 3.10. The van der Waals surface area contributed by atoms with Gasteiger partial charge in [-0.2, -0.15) is 5.10 Å². The normalized spacial score (nSPS) is 14.9. The molecule has 19 heavy (non-hydrogen) atoms. The van der Waals surface area contributed by atoms with E-state index in [0.717, 1.165) is 36.5 Å². The first kappa shape index (κ1) is 11.9. The lowest BCUT2D eigenvalue weighted by molar-refractivity contribution is -0.129. The zero-order valence-electron chi connectivity index (χ0n) is 10.9. The number of aromatic nitrogens is 3. The Balaban J connectivity index is 1.93. The van der Waals surface area contributed by atoms with Crippen LogP contribution in [-0.4, -0.2) is 32.1 Å². The van der Waals surface area contributed by atoms with Crippen molar-refractivity contribution < 1.29 is 4.79 Å². The van der Waals surface area contributed by atoms with E-state index in [9.17, 15) is 4.79 Å². The third-order valence-corrected chi connectivity index (χ3v) is 3.44. The zero-order valence-corrected chi connectivity index (χ0v) is 10.9. The Morgan fingerprint density at radius 3 is 2.79 bits per heavy atom. The van der Waals surface area contributed by atoms with Crippen LogP contribution in [0.3, 0.4) is 0 Å². The van der Waals surface area contributed by atoms with Gasteiger partial charge in [0.1, 0.15) is 0 Å². The molecule has 0 spiro atoms. The second-order valence-corrected chi connectivity index (χ2v) is 4.77. The number of nitrogens with zero attached hydrogens (tertiary/aromatic N) is 4. The van der Waals surface area contributed by atoms with Crippen LogP contribution in [0.2, 0.25) is 0 Å². The zero-order chi connectivity index (χ0) is 13.2. The van der Waals surface area contributed by atoms with E-state index in [-0.39, 0.29) is 5.91 Å². The second-order valence-electron chi connectivity index (χ2n) is 4.77. The van der Waals surface area contributed by atoms with Crippen LogP contribution in [0.25, 0.3) is 11.3 Å². The number of amides is 1. The quantitative estimate of drug-likeness (QED) is 0.780. The molecule has 98 valence electrons. The number of hydrogen-bond acceptors (Lipinski definition) is 3. The van der Waals surface area contributed by atoms with E-state index in [1.807, 2.05) is 21.7 Å². The molecule has 2 aromatic heterocycles. The molecule has 1 aliphatic heterocycles. The molecule has 0 bridgehead atoms. The molecule has 2 aromatic rings. The van der Waals surface area contributed by atoms with Crippen LogP contribution in [0, 0.1) is 0 Å². The van der Waals surface area contributed by atoms with E-state index >= 15 is 0 Å². The highest BCUT2D eigenvalue weighted by Crippen LogP contribution is 2.21. The van der Waals surface area contributed by atoms with Gasteiger partial charge in [-0.05, 0) is 24.6 Å². The summed E-state index contributed by atoms with van der Waals surface area (Å²) >= 11 is 0. The SMILES string of the molecule is CC(=O)N1CCCn2nc(-c3ccncc3)cc2C1. The predicted molar refractivity (Wildman–Crippen MR) is 71.2 cm³/mol. The van der Waals surface area contributed by atoms with Gasteiger partial charge in [-0.3, -0.25) is 14.5 Å². The van der Waals surface area contributed by atoms with Crippen molar-refractivity contribution in [1.82, 2.24) is 19.7 Å². The van der Waals surface area contributed by atoms with Crippen LogP contribution in [0.5, 0.6) is 0 Å². The highest BCUT2D eigenvalue weighted by Gasteiger charge is 2.18. The first-order valence-corrected chi connectivity index (χ1v) is 6.46. The van der Waals surface area contributed by atoms with Crippen molar-refractivity contribution in [2.45, 2.75) is 26.4 Å². The molecule has 3 heterocycles. The molecule has 0 saturated heterocycles. The Hall–Kier alpha value is -2.17. The minimum Gasteiger partial charge on any atom is -0.337 e. The second kappa shape index (κ2) is 4.84. The minimum absolute atomic E-state index is 0.125. The molecule has 5 nitrogen and oxygen atoms in total. The maximum Gasteiger partial charge on any atom is 0.219 e. The summed E-state index contributed by atoms with van der Waals surface area (Å²) in [7, 11) is 0. The van der Waals surface area contributed by atoms with Crippen molar-refractivity contribution in [3.05, 3.63) is 36.3 Å². The number of carbonyl (C=O) groups is 1. The van der Waals surface area contributed by atoms with E-state index in [4.69, 9.17) is 0 Å². The number of rotatable bonds is 1. The Morgan fingerprint density at radius 1 is 1.26 bits per heavy atom. The van der Waals surface area contributed by atoms with E-state index in [1.165, 1.54) is 0 Å². The molecule has 0 saturated carbocycles. The van der Waals surface area contributed by atoms with E-state index < -0.39 is 0 Å². The van der Waals surface area contributed by atoms with Crippen LogP contribution in [0.15, 0.2) is 30.6 Å². The highest BCUT2D eigenvalue weighted by atomic mass is 16.2. The average molecular weight is 256 g/mol. The van der Waals surface area contributed by atoms with Crippen LogP contribution >= 0.6 is 0 Å². The standard InChI is InChI=1S/C14H16N4O/c1-11(19)17-7-2-8-18-13(10-17)9-14(16-18)12-3-5-15-6-4-12/h3-6,9H,2,7-8,10H2,1H3. The minimum atomic E-state index is 0.125. The van der Waals surface area contributed by atoms with E-state index in [2.05, 4.69) is 16.1 Å². The van der Waals surface area contributed by atoms with Crippen molar-refractivity contribution in [1.29, 1.82) is 0 Å². The Bertz CT molecular complexity index is 591. The Labute approximate surface area is 111 Å². The van der Waals surface area contributed by atoms with Gasteiger partial charge in [0.2, 0.25) is 5.91 Å². The van der Waals surface area contributed by atoms with Crippen LogP contribution < -0.4 is 0 Å². The first-order chi connectivity index (χ1) is 9.24. The van der Waals surface area contributed by atoms with Crippen molar-refractivity contribution in [3.63, 3.8) is 0 Å². The maximum absolute atomic E-state index is 11.5. The first-order valence-electron chi connectivity index (χ1n) is 6.46. The molecular weight excluding hydrogens is 240 g/mol. The van der Waals surface area contributed by atoms with Gasteiger partial charge < -0.3 is 4.90 Å². The molecule has 0 fully saturated rings. The number of carbonyl (C=O) groups excluding carboxylic acids is 1. The number of pyridine rings is 1. The molecule has 1 amide bonds. The van der Waals surface area contributed by atoms with Gasteiger partial charge in [0.25, 0.3) is 0 Å². The van der Waals surface area contributed by atoms with E-state index in [0.29, 0.717) is 6.54 Å². The Kier molecular flexibility index (Phi) is 3.03. The van der Waals surface area contributed by atoms with Gasteiger partial charge in [0, 0.05) is 38.0 Å². The summed E-state index contributed by atoms with van der Waals surface area (Å²) in [4.78, 5) is 17.4. The molecule has 0 unspecified atom stereocenters. The summed E-state index contributed by atoms with van der Waals surface area (Å²) in [6.45, 7) is 3.94. The molecule has 0 aliphatic carbocycles. The van der Waals surface area contributed by atoms with Gasteiger partial charge in [0.15, 0.2) is 0 Å². The molecule has 3 rings (SSSR count). The fourth-order valence-corrected chi connectivity index (χ4v) is 2.39. The van der Waals surface area contributed by atoms with Gasteiger partial charge in [-0.15, -0.1) is 0 Å². The molecule has 1 aliphatic rings. The number of fused-ring (bicyclic) bond motifs is 1. The monoisotopic (exact) mass is 256 g/mol. The number of hydrogen-bond donors (Lipinski definition) is 0. The van der Waals surface area contributed by atoms with Crippen molar-refractivity contribution in [2.24, 2.45) is 0 Å². The smallest absolute Gasteiger partial charge is 0.219 e. The average Bonchev–Trinajstić information content (AvgIpc) is 2.71. The van der Waals surface area contributed by atoms with Crippen molar-refractivity contribution >= 4 is 5.91 Å².